The summed E-state index contributed by atoms with van der Waals surface area (Å²) in [5.74, 6) is -1.11. The third-order valence-corrected chi connectivity index (χ3v) is 3.51. The van der Waals surface area contributed by atoms with Crippen LogP contribution in [-0.2, 0) is 16.0 Å². The van der Waals surface area contributed by atoms with Crippen LogP contribution in [-0.4, -0.2) is 44.3 Å². The molecule has 6 heteroatoms. The van der Waals surface area contributed by atoms with Gasteiger partial charge in [0.25, 0.3) is 0 Å². The number of halogens is 1. The van der Waals surface area contributed by atoms with Crippen LogP contribution in [0.25, 0.3) is 0 Å². The molecule has 0 saturated carbocycles. The predicted molar refractivity (Wildman–Crippen MR) is 68.4 cm³/mol. The second-order valence-corrected chi connectivity index (χ2v) is 5.52. The molecule has 2 heterocycles. The summed E-state index contributed by atoms with van der Waals surface area (Å²) in [5, 5.41) is 9.26. The number of likely N-dealkylation sites (tertiary alicyclic amines) is 1. The SMILES string of the molecule is O=C(O)[C@H](Cc1ccccn1)N1CC(Br)CC1=O. The smallest absolute Gasteiger partial charge is 0.326 e. The highest BCUT2D eigenvalue weighted by molar-refractivity contribution is 9.09. The largest absolute Gasteiger partial charge is 0.480 e. The van der Waals surface area contributed by atoms with Crippen LogP contribution < -0.4 is 0 Å². The molecule has 5 nitrogen and oxygen atoms in total. The van der Waals surface area contributed by atoms with Crippen LogP contribution in [0, 0.1) is 0 Å². The standard InChI is InChI=1S/C12H13BrN2O3/c13-8-5-11(16)15(7-8)10(12(17)18)6-9-3-1-2-4-14-9/h1-4,8,10H,5-7H2,(H,17,18)/t8?,10-/m0/s1. The van der Waals surface area contributed by atoms with Crippen LogP contribution in [0.2, 0.25) is 0 Å². The zero-order valence-electron chi connectivity index (χ0n) is 9.62. The minimum atomic E-state index is -0.990. The van der Waals surface area contributed by atoms with Crippen LogP contribution in [0.3, 0.4) is 0 Å². The Hall–Kier alpha value is -1.43. The van der Waals surface area contributed by atoms with E-state index in [4.69, 9.17) is 0 Å². The molecular weight excluding hydrogens is 300 g/mol. The second kappa shape index (κ2) is 5.48. The lowest BCUT2D eigenvalue weighted by Gasteiger charge is -2.24. The third kappa shape index (κ3) is 2.87. The first kappa shape index (κ1) is 13.0. The first-order valence-electron chi connectivity index (χ1n) is 5.64. The van der Waals surface area contributed by atoms with Gasteiger partial charge in [-0.1, -0.05) is 22.0 Å². The van der Waals surface area contributed by atoms with Gasteiger partial charge in [0.15, 0.2) is 0 Å². The van der Waals surface area contributed by atoms with Crippen molar-refractivity contribution in [3.05, 3.63) is 30.1 Å². The molecule has 0 bridgehead atoms. The molecular formula is C12H13BrN2O3. The molecule has 1 amide bonds. The average Bonchev–Trinajstić information content (AvgIpc) is 2.66. The number of aromatic nitrogens is 1. The molecule has 1 aliphatic heterocycles. The molecule has 1 saturated heterocycles. The molecule has 1 aromatic heterocycles. The van der Waals surface area contributed by atoms with Gasteiger partial charge in [0, 0.05) is 36.1 Å². The summed E-state index contributed by atoms with van der Waals surface area (Å²) in [5.41, 5.74) is 0.677. The fourth-order valence-corrected chi connectivity index (χ4v) is 2.62. The van der Waals surface area contributed by atoms with Gasteiger partial charge in [0.2, 0.25) is 5.91 Å². The Morgan fingerprint density at radius 2 is 2.39 bits per heavy atom. The number of carboxylic acids is 1. The number of alkyl halides is 1. The maximum atomic E-state index is 11.7. The Morgan fingerprint density at radius 1 is 1.61 bits per heavy atom. The molecule has 2 atom stereocenters. The monoisotopic (exact) mass is 312 g/mol. The molecule has 2 rings (SSSR count). The van der Waals surface area contributed by atoms with Crippen LogP contribution >= 0.6 is 15.9 Å². The topological polar surface area (TPSA) is 70.5 Å². The summed E-state index contributed by atoms with van der Waals surface area (Å²) >= 11 is 3.35. The van der Waals surface area contributed by atoms with Gasteiger partial charge in [-0.05, 0) is 12.1 Å². The lowest BCUT2D eigenvalue weighted by Crippen LogP contribution is -2.43. The van der Waals surface area contributed by atoms with Crippen molar-refractivity contribution >= 4 is 27.8 Å². The predicted octanol–water partition coefficient (Wildman–Crippen LogP) is 1.07. The van der Waals surface area contributed by atoms with E-state index >= 15 is 0 Å². The van der Waals surface area contributed by atoms with Crippen molar-refractivity contribution in [2.24, 2.45) is 0 Å². The zero-order chi connectivity index (χ0) is 13.1. The van der Waals surface area contributed by atoms with E-state index in [1.54, 1.807) is 24.4 Å². The molecule has 0 spiro atoms. The highest BCUT2D eigenvalue weighted by atomic mass is 79.9. The summed E-state index contributed by atoms with van der Waals surface area (Å²) in [7, 11) is 0. The maximum Gasteiger partial charge on any atom is 0.326 e. The molecule has 1 fully saturated rings. The molecule has 96 valence electrons. The van der Waals surface area contributed by atoms with E-state index in [9.17, 15) is 14.7 Å². The van der Waals surface area contributed by atoms with Crippen molar-refractivity contribution in [1.82, 2.24) is 9.88 Å². The number of hydrogen-bond acceptors (Lipinski definition) is 3. The van der Waals surface area contributed by atoms with Crippen LogP contribution in [0.5, 0.6) is 0 Å². The Bertz CT molecular complexity index is 452. The molecule has 0 aliphatic carbocycles. The Balaban J connectivity index is 2.14. The van der Waals surface area contributed by atoms with Gasteiger partial charge in [-0.2, -0.15) is 0 Å². The van der Waals surface area contributed by atoms with Gasteiger partial charge in [0.1, 0.15) is 6.04 Å². The van der Waals surface area contributed by atoms with E-state index in [-0.39, 0.29) is 17.2 Å². The fraction of sp³-hybridized carbons (Fsp3) is 0.417. The van der Waals surface area contributed by atoms with E-state index in [2.05, 4.69) is 20.9 Å². The number of aliphatic carboxylic acids is 1. The van der Waals surface area contributed by atoms with Crippen LogP contribution in [0.15, 0.2) is 24.4 Å². The van der Waals surface area contributed by atoms with E-state index in [0.29, 0.717) is 18.7 Å². The van der Waals surface area contributed by atoms with Gasteiger partial charge < -0.3 is 10.0 Å². The summed E-state index contributed by atoms with van der Waals surface area (Å²) in [6, 6.07) is 4.51. The number of amides is 1. The Morgan fingerprint density at radius 3 is 2.89 bits per heavy atom. The van der Waals surface area contributed by atoms with Gasteiger partial charge in [-0.25, -0.2) is 4.79 Å². The number of pyridine rings is 1. The van der Waals surface area contributed by atoms with Gasteiger partial charge in [-0.3, -0.25) is 9.78 Å². The minimum absolute atomic E-state index is 0.0376. The quantitative estimate of drug-likeness (QED) is 0.844. The van der Waals surface area contributed by atoms with Crippen molar-refractivity contribution in [3.8, 4) is 0 Å². The van der Waals surface area contributed by atoms with Crippen molar-refractivity contribution in [2.75, 3.05) is 6.54 Å². The molecule has 1 N–H and O–H groups in total. The summed E-state index contributed by atoms with van der Waals surface area (Å²) < 4.78 is 0. The van der Waals surface area contributed by atoms with Gasteiger partial charge in [0.05, 0.1) is 0 Å². The highest BCUT2D eigenvalue weighted by Gasteiger charge is 2.36. The van der Waals surface area contributed by atoms with Crippen molar-refractivity contribution in [3.63, 3.8) is 0 Å². The molecule has 1 aliphatic rings. The minimum Gasteiger partial charge on any atom is -0.480 e. The Labute approximate surface area is 113 Å². The number of hydrogen-bond donors (Lipinski definition) is 1. The Kier molecular flexibility index (Phi) is 3.96. The zero-order valence-corrected chi connectivity index (χ0v) is 11.2. The first-order valence-corrected chi connectivity index (χ1v) is 6.55. The van der Waals surface area contributed by atoms with Gasteiger partial charge in [-0.15, -0.1) is 0 Å². The lowest BCUT2D eigenvalue weighted by molar-refractivity contribution is -0.148. The first-order chi connectivity index (χ1) is 8.58. The molecule has 1 unspecified atom stereocenters. The number of nitrogens with zero attached hydrogens (tertiary/aromatic N) is 2. The van der Waals surface area contributed by atoms with E-state index in [0.717, 1.165) is 0 Å². The van der Waals surface area contributed by atoms with E-state index < -0.39 is 12.0 Å². The number of carbonyl (C=O) groups excluding carboxylic acids is 1. The molecule has 1 aromatic rings. The summed E-state index contributed by atoms with van der Waals surface area (Å²) in [4.78, 5) is 28.6. The van der Waals surface area contributed by atoms with E-state index in [1.165, 1.54) is 4.90 Å². The average molecular weight is 313 g/mol. The van der Waals surface area contributed by atoms with E-state index in [1.807, 2.05) is 0 Å². The normalized spacial score (nSPS) is 21.1. The van der Waals surface area contributed by atoms with Crippen molar-refractivity contribution < 1.29 is 14.7 Å². The van der Waals surface area contributed by atoms with Crippen molar-refractivity contribution in [2.45, 2.75) is 23.7 Å². The summed E-state index contributed by atoms with van der Waals surface area (Å²) in [6.07, 6.45) is 2.21. The van der Waals surface area contributed by atoms with Crippen molar-refractivity contribution in [1.29, 1.82) is 0 Å². The molecule has 18 heavy (non-hydrogen) atoms. The number of carboxylic acid groups (broad SMARTS) is 1. The van der Waals surface area contributed by atoms with Crippen LogP contribution in [0.4, 0.5) is 0 Å². The number of rotatable bonds is 4. The van der Waals surface area contributed by atoms with Gasteiger partial charge >= 0.3 is 5.97 Å². The maximum absolute atomic E-state index is 11.7. The van der Waals surface area contributed by atoms with Crippen LogP contribution in [0.1, 0.15) is 12.1 Å². The number of carbonyl (C=O) groups is 2. The second-order valence-electron chi connectivity index (χ2n) is 4.23. The third-order valence-electron chi connectivity index (χ3n) is 2.90. The highest BCUT2D eigenvalue weighted by Crippen LogP contribution is 2.22. The lowest BCUT2D eigenvalue weighted by atomic mass is 10.1. The summed E-state index contributed by atoms with van der Waals surface area (Å²) in [6.45, 7) is 0.433. The molecule has 0 aromatic carbocycles. The molecule has 0 radical (unpaired) electrons. The fourth-order valence-electron chi connectivity index (χ4n) is 2.04.